The average Bonchev–Trinajstić information content (AvgIpc) is 3.11. The molecule has 1 fully saturated rings. The number of benzene rings is 1. The first-order chi connectivity index (χ1) is 13.9. The summed E-state index contributed by atoms with van der Waals surface area (Å²) in [5.41, 5.74) is 0.565. The van der Waals surface area contributed by atoms with Gasteiger partial charge in [-0.15, -0.1) is 0 Å². The van der Waals surface area contributed by atoms with Crippen molar-refractivity contribution in [3.05, 3.63) is 29.6 Å². The Morgan fingerprint density at radius 2 is 1.90 bits per heavy atom. The summed E-state index contributed by atoms with van der Waals surface area (Å²) in [5.74, 6) is -1.99. The van der Waals surface area contributed by atoms with Crippen LogP contribution in [0.1, 0.15) is 57.6 Å². The number of nitrogens with zero attached hydrogens (tertiary/aromatic N) is 2. The quantitative estimate of drug-likeness (QED) is 0.604. The Morgan fingerprint density at radius 3 is 2.41 bits per heavy atom. The van der Waals surface area contributed by atoms with Crippen molar-refractivity contribution in [3.63, 3.8) is 0 Å². The molecule has 2 atom stereocenters. The molecule has 1 amide bonds. The molecule has 29 heavy (non-hydrogen) atoms. The van der Waals surface area contributed by atoms with Crippen LogP contribution in [0.25, 0.3) is 0 Å². The van der Waals surface area contributed by atoms with Gasteiger partial charge in [-0.2, -0.15) is 0 Å². The molecule has 162 valence electrons. The van der Waals surface area contributed by atoms with Crippen LogP contribution in [-0.4, -0.2) is 60.1 Å². The van der Waals surface area contributed by atoms with Crippen molar-refractivity contribution in [2.75, 3.05) is 33.3 Å². The van der Waals surface area contributed by atoms with E-state index in [9.17, 15) is 19.1 Å². The Bertz CT molecular complexity index is 689. The van der Waals surface area contributed by atoms with E-state index in [-0.39, 0.29) is 18.2 Å². The maximum atomic E-state index is 14.3. The van der Waals surface area contributed by atoms with E-state index in [2.05, 4.69) is 13.8 Å². The van der Waals surface area contributed by atoms with Gasteiger partial charge >= 0.3 is 5.97 Å². The summed E-state index contributed by atoms with van der Waals surface area (Å²) in [6.45, 7) is 6.26. The second-order valence-electron chi connectivity index (χ2n) is 7.63. The minimum Gasteiger partial charge on any atom is -0.494 e. The molecule has 0 aliphatic carbocycles. The zero-order chi connectivity index (χ0) is 21.4. The Kier molecular flexibility index (Phi) is 8.89. The molecule has 1 N–H and O–H groups in total. The van der Waals surface area contributed by atoms with Crippen molar-refractivity contribution >= 4 is 11.9 Å². The number of carbonyl (C=O) groups is 2. The number of unbranched alkanes of at least 4 members (excludes halogenated alkanes) is 2. The maximum Gasteiger partial charge on any atom is 0.308 e. The Balaban J connectivity index is 2.21. The third-order valence-electron chi connectivity index (χ3n) is 5.59. The fourth-order valence-corrected chi connectivity index (χ4v) is 3.93. The lowest BCUT2D eigenvalue weighted by molar-refractivity contribution is -0.143. The number of carbonyl (C=O) groups excluding carboxylic acids is 1. The SMILES string of the molecule is CCCCN(CCCC)C(=O)CN1CCC(C(=O)O)C1c1ccc(OC)c(F)c1. The maximum absolute atomic E-state index is 14.3. The minimum absolute atomic E-state index is 0.0110. The van der Waals surface area contributed by atoms with Gasteiger partial charge in [0.15, 0.2) is 11.6 Å². The lowest BCUT2D eigenvalue weighted by Gasteiger charge is -2.30. The summed E-state index contributed by atoms with van der Waals surface area (Å²) in [4.78, 5) is 28.5. The van der Waals surface area contributed by atoms with Crippen molar-refractivity contribution in [1.29, 1.82) is 0 Å². The summed E-state index contributed by atoms with van der Waals surface area (Å²) in [5, 5.41) is 9.67. The van der Waals surface area contributed by atoms with Crippen LogP contribution in [0.2, 0.25) is 0 Å². The summed E-state index contributed by atoms with van der Waals surface area (Å²) < 4.78 is 19.2. The molecule has 1 aliphatic heterocycles. The van der Waals surface area contributed by atoms with Gasteiger partial charge in [0.2, 0.25) is 5.91 Å². The third-order valence-corrected chi connectivity index (χ3v) is 5.59. The number of halogens is 1. The molecule has 0 radical (unpaired) electrons. The molecular formula is C22H33FN2O4. The normalized spacial score (nSPS) is 19.3. The van der Waals surface area contributed by atoms with Crippen LogP contribution in [0, 0.1) is 11.7 Å². The van der Waals surface area contributed by atoms with Crippen molar-refractivity contribution in [2.24, 2.45) is 5.92 Å². The van der Waals surface area contributed by atoms with E-state index < -0.39 is 23.7 Å². The lowest BCUT2D eigenvalue weighted by atomic mass is 9.93. The highest BCUT2D eigenvalue weighted by atomic mass is 19.1. The van der Waals surface area contributed by atoms with Crippen LogP contribution in [0.4, 0.5) is 4.39 Å². The van der Waals surface area contributed by atoms with Crippen LogP contribution in [0.3, 0.4) is 0 Å². The molecule has 1 aliphatic rings. The number of carboxylic acids is 1. The van der Waals surface area contributed by atoms with Crippen LogP contribution < -0.4 is 4.74 Å². The van der Waals surface area contributed by atoms with Gasteiger partial charge in [0.25, 0.3) is 0 Å². The highest BCUT2D eigenvalue weighted by molar-refractivity contribution is 5.79. The number of amides is 1. The second kappa shape index (κ2) is 11.1. The highest BCUT2D eigenvalue weighted by Gasteiger charge is 2.41. The molecule has 0 saturated carbocycles. The molecule has 1 aromatic carbocycles. The van der Waals surface area contributed by atoms with E-state index in [1.165, 1.54) is 19.2 Å². The largest absolute Gasteiger partial charge is 0.494 e. The summed E-state index contributed by atoms with van der Waals surface area (Å²) in [6, 6.07) is 4.00. The number of hydrogen-bond donors (Lipinski definition) is 1. The van der Waals surface area contributed by atoms with E-state index >= 15 is 0 Å². The molecule has 2 unspecified atom stereocenters. The second-order valence-corrected chi connectivity index (χ2v) is 7.63. The van der Waals surface area contributed by atoms with Gasteiger partial charge in [0.1, 0.15) is 0 Å². The van der Waals surface area contributed by atoms with E-state index in [1.54, 1.807) is 6.07 Å². The van der Waals surface area contributed by atoms with Crippen molar-refractivity contribution in [1.82, 2.24) is 9.80 Å². The first kappa shape index (κ1) is 23.1. The van der Waals surface area contributed by atoms with Crippen LogP contribution in [0.15, 0.2) is 18.2 Å². The zero-order valence-electron chi connectivity index (χ0n) is 17.7. The number of rotatable bonds is 11. The van der Waals surface area contributed by atoms with Crippen molar-refractivity contribution in [3.8, 4) is 5.75 Å². The highest BCUT2D eigenvalue weighted by Crippen LogP contribution is 2.38. The average molecular weight is 409 g/mol. The molecule has 0 spiro atoms. The van der Waals surface area contributed by atoms with E-state index in [0.29, 0.717) is 31.6 Å². The Hall–Kier alpha value is -2.15. The number of carboxylic acid groups (broad SMARTS) is 1. The first-order valence-corrected chi connectivity index (χ1v) is 10.5. The Labute approximate surface area is 172 Å². The molecule has 2 rings (SSSR count). The minimum atomic E-state index is -0.921. The summed E-state index contributed by atoms with van der Waals surface area (Å²) in [7, 11) is 1.39. The van der Waals surface area contributed by atoms with Gasteiger partial charge < -0.3 is 14.7 Å². The Morgan fingerprint density at radius 1 is 1.24 bits per heavy atom. The number of hydrogen-bond acceptors (Lipinski definition) is 4. The fourth-order valence-electron chi connectivity index (χ4n) is 3.93. The van der Waals surface area contributed by atoms with Gasteiger partial charge in [-0.3, -0.25) is 14.5 Å². The molecule has 6 nitrogen and oxygen atoms in total. The third kappa shape index (κ3) is 5.92. The summed E-state index contributed by atoms with van der Waals surface area (Å²) in [6.07, 6.45) is 4.34. The van der Waals surface area contributed by atoms with Gasteiger partial charge in [0.05, 0.1) is 19.6 Å². The van der Waals surface area contributed by atoms with Crippen molar-refractivity contribution in [2.45, 2.75) is 52.0 Å². The van der Waals surface area contributed by atoms with E-state index in [0.717, 1.165) is 25.7 Å². The van der Waals surface area contributed by atoms with Crippen LogP contribution >= 0.6 is 0 Å². The monoisotopic (exact) mass is 408 g/mol. The van der Waals surface area contributed by atoms with Gasteiger partial charge in [-0.05, 0) is 37.0 Å². The summed E-state index contributed by atoms with van der Waals surface area (Å²) >= 11 is 0. The van der Waals surface area contributed by atoms with Crippen LogP contribution in [-0.2, 0) is 9.59 Å². The van der Waals surface area contributed by atoms with Gasteiger partial charge in [-0.1, -0.05) is 32.8 Å². The number of methoxy groups -OCH3 is 1. The first-order valence-electron chi connectivity index (χ1n) is 10.5. The molecule has 1 aromatic rings. The lowest BCUT2D eigenvalue weighted by Crippen LogP contribution is -2.42. The van der Waals surface area contributed by atoms with Gasteiger partial charge in [0, 0.05) is 25.7 Å². The molecule has 1 saturated heterocycles. The van der Waals surface area contributed by atoms with Crippen LogP contribution in [0.5, 0.6) is 5.75 Å². The van der Waals surface area contributed by atoms with E-state index in [4.69, 9.17) is 4.74 Å². The smallest absolute Gasteiger partial charge is 0.308 e. The molecule has 0 bridgehead atoms. The molecule has 7 heteroatoms. The van der Waals surface area contributed by atoms with E-state index in [1.807, 2.05) is 9.80 Å². The molecule has 1 heterocycles. The molecule has 0 aromatic heterocycles. The fraction of sp³-hybridized carbons (Fsp3) is 0.636. The van der Waals surface area contributed by atoms with Gasteiger partial charge in [-0.25, -0.2) is 4.39 Å². The zero-order valence-corrected chi connectivity index (χ0v) is 17.7. The topological polar surface area (TPSA) is 70.1 Å². The number of ether oxygens (including phenoxy) is 1. The predicted molar refractivity (Wildman–Crippen MR) is 109 cm³/mol. The number of aliphatic carboxylic acids is 1. The van der Waals surface area contributed by atoms with Crippen molar-refractivity contribution < 1.29 is 23.8 Å². The molecular weight excluding hydrogens is 375 g/mol. The standard InChI is InChI=1S/C22H33FN2O4/c1-4-6-11-24(12-7-5-2)20(26)15-25-13-10-17(22(27)28)21(25)16-8-9-19(29-3)18(23)14-16/h8-9,14,17,21H,4-7,10-13,15H2,1-3H3,(H,27,28). The predicted octanol–water partition coefficient (Wildman–Crippen LogP) is 3.71. The number of likely N-dealkylation sites (tertiary alicyclic amines) is 1.